The van der Waals surface area contributed by atoms with E-state index in [4.69, 9.17) is 9.47 Å². The molecule has 0 radical (unpaired) electrons. The molecule has 1 aromatic carbocycles. The predicted octanol–water partition coefficient (Wildman–Crippen LogP) is 1.37. The average Bonchev–Trinajstić information content (AvgIpc) is 2.94. The number of hydrogen-bond donors (Lipinski definition) is 2. The number of fused-ring (bicyclic) bond motifs is 1. The fourth-order valence-corrected chi connectivity index (χ4v) is 3.55. The molecule has 2 aromatic rings. The van der Waals surface area contributed by atoms with Crippen molar-refractivity contribution in [3.8, 4) is 0 Å². The molecule has 27 heavy (non-hydrogen) atoms. The quantitative estimate of drug-likeness (QED) is 0.564. The highest BCUT2D eigenvalue weighted by molar-refractivity contribution is 5.46. The normalized spacial score (nSPS) is 18.9. The van der Waals surface area contributed by atoms with E-state index in [2.05, 4.69) is 17.3 Å². The lowest BCUT2D eigenvalue weighted by Crippen LogP contribution is -2.32. The summed E-state index contributed by atoms with van der Waals surface area (Å²) in [4.78, 5) is 24.4. The Morgan fingerprint density at radius 3 is 2.56 bits per heavy atom. The lowest BCUT2D eigenvalue weighted by molar-refractivity contribution is -0.106. The molecule has 0 spiro atoms. The van der Waals surface area contributed by atoms with Gasteiger partial charge in [-0.25, -0.2) is 23.9 Å². The van der Waals surface area contributed by atoms with Gasteiger partial charge in [0.1, 0.15) is 0 Å². The van der Waals surface area contributed by atoms with Crippen LogP contribution in [0.4, 0.5) is 0 Å². The maximum absolute atomic E-state index is 12.5. The molecule has 8 nitrogen and oxygen atoms in total. The van der Waals surface area contributed by atoms with Crippen LogP contribution in [-0.4, -0.2) is 35.1 Å². The van der Waals surface area contributed by atoms with Crippen LogP contribution in [0.25, 0.3) is 0 Å². The van der Waals surface area contributed by atoms with Crippen LogP contribution < -0.4 is 16.7 Å². The number of allylic oxidation sites excluding steroid dienone is 1. The van der Waals surface area contributed by atoms with Gasteiger partial charge in [0, 0.05) is 26.8 Å². The van der Waals surface area contributed by atoms with Gasteiger partial charge in [-0.1, -0.05) is 37.3 Å². The maximum atomic E-state index is 12.5. The summed E-state index contributed by atoms with van der Waals surface area (Å²) in [5, 5.41) is 6.15. The summed E-state index contributed by atoms with van der Waals surface area (Å²) < 4.78 is 13.4. The van der Waals surface area contributed by atoms with E-state index in [0.29, 0.717) is 0 Å². The largest absolute Gasteiger partial charge is 0.352 e. The topological polar surface area (TPSA) is 90.3 Å². The maximum Gasteiger partial charge on any atom is 0.347 e. The van der Waals surface area contributed by atoms with Crippen LogP contribution in [0.3, 0.4) is 0 Å². The lowest BCUT2D eigenvalue weighted by atomic mass is 9.85. The third kappa shape index (κ3) is 3.43. The van der Waals surface area contributed by atoms with Gasteiger partial charge in [-0.3, -0.25) is 0 Å². The molecule has 0 amide bonds. The number of hydrogen-bond acceptors (Lipinski definition) is 5. The molecule has 0 unspecified atom stereocenters. The number of nitrogens with zero attached hydrogens (tertiary/aromatic N) is 2. The van der Waals surface area contributed by atoms with Crippen LogP contribution in [-0.2, 0) is 16.5 Å². The van der Waals surface area contributed by atoms with Crippen LogP contribution in [0.1, 0.15) is 48.4 Å². The Labute approximate surface area is 157 Å². The smallest absolute Gasteiger partial charge is 0.347 e. The molecule has 146 valence electrons. The zero-order chi connectivity index (χ0) is 19.6. The monoisotopic (exact) mass is 374 g/mol. The SMILES string of the molecule is CCCN[C@@H]1C=C[C@H](n2[nH]c(=O)n(C)c2=O)c2cccc(C(OC)OC)c21. The minimum absolute atomic E-state index is 0.0358. The molecule has 0 saturated heterocycles. The summed E-state index contributed by atoms with van der Waals surface area (Å²) in [6.07, 6.45) is 4.43. The number of aromatic amines is 1. The molecule has 0 aliphatic heterocycles. The minimum Gasteiger partial charge on any atom is -0.352 e. The van der Waals surface area contributed by atoms with E-state index in [0.717, 1.165) is 34.2 Å². The molecular formula is C19H26N4O4. The number of nitrogens with one attached hydrogen (secondary N) is 2. The molecule has 3 rings (SSSR count). The Hall–Kier alpha value is -2.42. The van der Waals surface area contributed by atoms with Gasteiger partial charge in [0.2, 0.25) is 0 Å². The van der Waals surface area contributed by atoms with Crippen molar-refractivity contribution in [3.63, 3.8) is 0 Å². The van der Waals surface area contributed by atoms with E-state index < -0.39 is 18.0 Å². The van der Waals surface area contributed by atoms with Crippen molar-refractivity contribution in [2.24, 2.45) is 7.05 Å². The third-order valence-corrected chi connectivity index (χ3v) is 4.88. The number of ether oxygens (including phenoxy) is 2. The number of methoxy groups -OCH3 is 2. The fourth-order valence-electron chi connectivity index (χ4n) is 3.55. The summed E-state index contributed by atoms with van der Waals surface area (Å²) in [5.74, 6) is 0. The molecule has 0 saturated carbocycles. The first kappa shape index (κ1) is 19.3. The highest BCUT2D eigenvalue weighted by Gasteiger charge is 2.30. The summed E-state index contributed by atoms with van der Waals surface area (Å²) in [6, 6.07) is 5.40. The molecule has 2 N–H and O–H groups in total. The van der Waals surface area contributed by atoms with Crippen LogP contribution >= 0.6 is 0 Å². The first-order valence-electron chi connectivity index (χ1n) is 9.01. The summed E-state index contributed by atoms with van der Waals surface area (Å²) in [5.41, 5.74) is 1.99. The molecule has 1 aliphatic rings. The van der Waals surface area contributed by atoms with Gasteiger partial charge in [-0.2, -0.15) is 0 Å². The van der Waals surface area contributed by atoms with E-state index in [1.807, 2.05) is 30.4 Å². The molecule has 1 aromatic heterocycles. The molecule has 1 heterocycles. The molecule has 1 aliphatic carbocycles. The lowest BCUT2D eigenvalue weighted by Gasteiger charge is -2.31. The first-order valence-corrected chi connectivity index (χ1v) is 9.01. The van der Waals surface area contributed by atoms with Crippen LogP contribution in [0.5, 0.6) is 0 Å². The number of benzene rings is 1. The fraction of sp³-hybridized carbons (Fsp3) is 0.474. The van der Waals surface area contributed by atoms with Crippen molar-refractivity contribution in [2.75, 3.05) is 20.8 Å². The van der Waals surface area contributed by atoms with E-state index in [1.165, 1.54) is 11.7 Å². The number of aromatic nitrogens is 3. The zero-order valence-corrected chi connectivity index (χ0v) is 16.1. The van der Waals surface area contributed by atoms with E-state index in [9.17, 15) is 9.59 Å². The van der Waals surface area contributed by atoms with Gasteiger partial charge in [0.25, 0.3) is 0 Å². The van der Waals surface area contributed by atoms with Crippen LogP contribution in [0.2, 0.25) is 0 Å². The van der Waals surface area contributed by atoms with Crippen LogP contribution in [0.15, 0.2) is 39.9 Å². The predicted molar refractivity (Wildman–Crippen MR) is 102 cm³/mol. The third-order valence-electron chi connectivity index (χ3n) is 4.88. The molecule has 0 fully saturated rings. The second-order valence-corrected chi connectivity index (χ2v) is 6.54. The van der Waals surface area contributed by atoms with E-state index in [1.54, 1.807) is 14.2 Å². The number of H-pyrrole nitrogens is 1. The average molecular weight is 374 g/mol. The van der Waals surface area contributed by atoms with Gasteiger partial charge < -0.3 is 14.8 Å². The molecule has 8 heteroatoms. The molecule has 2 atom stereocenters. The van der Waals surface area contributed by atoms with Gasteiger partial charge in [-0.15, -0.1) is 0 Å². The second kappa shape index (κ2) is 8.08. The van der Waals surface area contributed by atoms with Crippen molar-refractivity contribution in [1.29, 1.82) is 0 Å². The van der Waals surface area contributed by atoms with Gasteiger partial charge in [-0.05, 0) is 24.1 Å². The Balaban J connectivity index is 2.18. The van der Waals surface area contributed by atoms with Gasteiger partial charge in [0.05, 0.1) is 12.1 Å². The Bertz CT molecular complexity index is 936. The standard InChI is InChI=1S/C19H26N4O4/c1-5-11-20-14-9-10-15(23-19(25)22(2)18(24)21-23)12-7-6-8-13(16(12)14)17(26-3)27-4/h6-10,14-15,17,20H,5,11H2,1-4H3,(H,21,24)/t14-,15+/m1/s1. The molecule has 0 bridgehead atoms. The first-order chi connectivity index (χ1) is 13.0. The summed E-state index contributed by atoms with van der Waals surface area (Å²) in [7, 11) is 4.65. The van der Waals surface area contributed by atoms with E-state index >= 15 is 0 Å². The Morgan fingerprint density at radius 1 is 1.22 bits per heavy atom. The van der Waals surface area contributed by atoms with E-state index in [-0.39, 0.29) is 11.7 Å². The minimum atomic E-state index is -0.524. The van der Waals surface area contributed by atoms with Crippen LogP contribution in [0, 0.1) is 0 Å². The van der Waals surface area contributed by atoms with Gasteiger partial charge in [0.15, 0.2) is 6.29 Å². The van der Waals surface area contributed by atoms with Crippen molar-refractivity contribution >= 4 is 0 Å². The molecular weight excluding hydrogens is 348 g/mol. The van der Waals surface area contributed by atoms with Crippen molar-refractivity contribution in [3.05, 3.63) is 68.0 Å². The van der Waals surface area contributed by atoms with Crippen molar-refractivity contribution in [2.45, 2.75) is 31.7 Å². The highest BCUT2D eigenvalue weighted by Crippen LogP contribution is 2.38. The van der Waals surface area contributed by atoms with Crippen molar-refractivity contribution < 1.29 is 9.47 Å². The number of rotatable bonds is 7. The van der Waals surface area contributed by atoms with Crippen molar-refractivity contribution in [1.82, 2.24) is 19.7 Å². The highest BCUT2D eigenvalue weighted by atomic mass is 16.7. The Kier molecular flexibility index (Phi) is 5.79. The summed E-state index contributed by atoms with van der Waals surface area (Å²) >= 11 is 0. The zero-order valence-electron chi connectivity index (χ0n) is 16.1. The second-order valence-electron chi connectivity index (χ2n) is 6.54. The summed E-state index contributed by atoms with van der Waals surface area (Å²) in [6.45, 7) is 2.96. The Morgan fingerprint density at radius 2 is 1.96 bits per heavy atom. The van der Waals surface area contributed by atoms with Gasteiger partial charge >= 0.3 is 11.4 Å².